The highest BCUT2D eigenvalue weighted by molar-refractivity contribution is 6.07. The second kappa shape index (κ2) is 6.36. The van der Waals surface area contributed by atoms with Gasteiger partial charge in [-0.2, -0.15) is 5.26 Å². The van der Waals surface area contributed by atoms with Crippen LogP contribution in [-0.2, 0) is 4.79 Å². The Kier molecular flexibility index (Phi) is 4.84. The van der Waals surface area contributed by atoms with Crippen molar-refractivity contribution in [2.45, 2.75) is 20.3 Å². The number of anilines is 1. The molecule has 5 nitrogen and oxygen atoms in total. The number of allylic oxidation sites excluding steroid dienone is 1. The van der Waals surface area contributed by atoms with Crippen LogP contribution in [0.25, 0.3) is 0 Å². The molecule has 0 fully saturated rings. The lowest BCUT2D eigenvalue weighted by Crippen LogP contribution is -2.15. The molecule has 2 N–H and O–H groups in total. The molecule has 0 heterocycles. The minimum Gasteiger partial charge on any atom is -0.478 e. The van der Waals surface area contributed by atoms with Gasteiger partial charge in [0.2, 0.25) is 0 Å². The van der Waals surface area contributed by atoms with Crippen LogP contribution in [0.1, 0.15) is 36.2 Å². The van der Waals surface area contributed by atoms with Crippen molar-refractivity contribution < 1.29 is 14.7 Å². The predicted molar refractivity (Wildman–Crippen MR) is 70.8 cm³/mol. The molecule has 0 unspecified atom stereocenters. The number of aromatic carboxylic acids is 1. The number of rotatable bonds is 4. The number of amides is 1. The standard InChI is InChI=1S/C14H14N2O3/c1-3-4-9(2)13(17)16-12-6-5-10(8-15)7-11(12)14(18)19/h4-7H,3H2,1-2H3,(H,16,17)(H,18,19)/b9-4+. The second-order valence-electron chi connectivity index (χ2n) is 3.93. The number of hydrogen-bond acceptors (Lipinski definition) is 3. The van der Waals surface area contributed by atoms with Gasteiger partial charge in [-0.15, -0.1) is 0 Å². The third-order valence-electron chi connectivity index (χ3n) is 2.50. The molecule has 1 amide bonds. The maximum Gasteiger partial charge on any atom is 0.337 e. The van der Waals surface area contributed by atoms with Crippen LogP contribution in [0.2, 0.25) is 0 Å². The molecule has 0 aromatic heterocycles. The van der Waals surface area contributed by atoms with E-state index in [1.165, 1.54) is 18.2 Å². The average Bonchev–Trinajstić information content (AvgIpc) is 2.39. The van der Waals surface area contributed by atoms with E-state index in [0.717, 1.165) is 6.42 Å². The van der Waals surface area contributed by atoms with Crippen molar-refractivity contribution in [3.8, 4) is 6.07 Å². The monoisotopic (exact) mass is 258 g/mol. The van der Waals surface area contributed by atoms with Crippen molar-refractivity contribution in [3.63, 3.8) is 0 Å². The number of nitrogens with one attached hydrogen (secondary N) is 1. The lowest BCUT2D eigenvalue weighted by Gasteiger charge is -2.09. The summed E-state index contributed by atoms with van der Waals surface area (Å²) in [4.78, 5) is 22.9. The van der Waals surface area contributed by atoms with Crippen molar-refractivity contribution in [1.29, 1.82) is 5.26 Å². The molecule has 0 spiro atoms. The molecule has 0 atom stereocenters. The van der Waals surface area contributed by atoms with Crippen LogP contribution >= 0.6 is 0 Å². The number of carbonyl (C=O) groups excluding carboxylic acids is 1. The summed E-state index contributed by atoms with van der Waals surface area (Å²) >= 11 is 0. The smallest absolute Gasteiger partial charge is 0.337 e. The van der Waals surface area contributed by atoms with E-state index in [-0.39, 0.29) is 22.7 Å². The number of nitriles is 1. The summed E-state index contributed by atoms with van der Waals surface area (Å²) in [6, 6.07) is 5.97. The van der Waals surface area contributed by atoms with Gasteiger partial charge < -0.3 is 10.4 Å². The van der Waals surface area contributed by atoms with Crippen LogP contribution in [0.3, 0.4) is 0 Å². The first-order valence-electron chi connectivity index (χ1n) is 5.75. The van der Waals surface area contributed by atoms with Crippen molar-refractivity contribution >= 4 is 17.6 Å². The molecule has 98 valence electrons. The van der Waals surface area contributed by atoms with E-state index in [0.29, 0.717) is 5.57 Å². The summed E-state index contributed by atoms with van der Waals surface area (Å²) < 4.78 is 0. The largest absolute Gasteiger partial charge is 0.478 e. The second-order valence-corrected chi connectivity index (χ2v) is 3.93. The number of carboxylic acid groups (broad SMARTS) is 1. The fourth-order valence-corrected chi connectivity index (χ4v) is 1.52. The first kappa shape index (κ1) is 14.5. The van der Waals surface area contributed by atoms with Gasteiger partial charge in [0.25, 0.3) is 5.91 Å². The van der Waals surface area contributed by atoms with E-state index in [1.54, 1.807) is 13.0 Å². The summed E-state index contributed by atoms with van der Waals surface area (Å²) in [6.45, 7) is 3.56. The summed E-state index contributed by atoms with van der Waals surface area (Å²) in [5.41, 5.74) is 0.830. The van der Waals surface area contributed by atoms with Crippen LogP contribution < -0.4 is 5.32 Å². The molecule has 0 bridgehead atoms. The van der Waals surface area contributed by atoms with Crippen molar-refractivity contribution in [2.75, 3.05) is 5.32 Å². The third kappa shape index (κ3) is 3.68. The molecule has 0 saturated carbocycles. The van der Waals surface area contributed by atoms with E-state index in [1.807, 2.05) is 13.0 Å². The molecule has 1 rings (SSSR count). The normalized spacial score (nSPS) is 10.7. The highest BCUT2D eigenvalue weighted by Crippen LogP contribution is 2.18. The van der Waals surface area contributed by atoms with Crippen LogP contribution in [0, 0.1) is 11.3 Å². The molecule has 19 heavy (non-hydrogen) atoms. The Morgan fingerprint density at radius 1 is 1.47 bits per heavy atom. The number of nitrogens with zero attached hydrogens (tertiary/aromatic N) is 1. The predicted octanol–water partition coefficient (Wildman–Crippen LogP) is 2.55. The fraction of sp³-hybridized carbons (Fsp3) is 0.214. The minimum absolute atomic E-state index is 0.100. The number of carboxylic acids is 1. The highest BCUT2D eigenvalue weighted by atomic mass is 16.4. The average molecular weight is 258 g/mol. The topological polar surface area (TPSA) is 90.2 Å². The van der Waals surface area contributed by atoms with Crippen LogP contribution in [0.5, 0.6) is 0 Å². The lowest BCUT2D eigenvalue weighted by molar-refractivity contribution is -0.112. The molecule has 0 aliphatic rings. The van der Waals surface area contributed by atoms with Crippen LogP contribution in [0.4, 0.5) is 5.69 Å². The molecule has 0 saturated heterocycles. The first-order chi connectivity index (χ1) is 8.99. The van der Waals surface area contributed by atoms with E-state index < -0.39 is 5.97 Å². The minimum atomic E-state index is -1.19. The zero-order valence-electron chi connectivity index (χ0n) is 10.7. The maximum atomic E-state index is 11.8. The van der Waals surface area contributed by atoms with Crippen molar-refractivity contribution in [1.82, 2.24) is 0 Å². The Balaban J connectivity index is 3.08. The summed E-state index contributed by atoms with van der Waals surface area (Å²) in [5.74, 6) is -1.54. The molecule has 0 radical (unpaired) electrons. The van der Waals surface area contributed by atoms with Gasteiger partial charge >= 0.3 is 5.97 Å². The Hall–Kier alpha value is -2.61. The lowest BCUT2D eigenvalue weighted by atomic mass is 10.1. The number of hydrogen-bond donors (Lipinski definition) is 2. The maximum absolute atomic E-state index is 11.8. The molecule has 1 aromatic rings. The molecule has 0 aliphatic heterocycles. The van der Waals surface area contributed by atoms with Gasteiger partial charge in [0.1, 0.15) is 0 Å². The quantitative estimate of drug-likeness (QED) is 0.812. The van der Waals surface area contributed by atoms with Gasteiger partial charge in [-0.05, 0) is 31.5 Å². The third-order valence-corrected chi connectivity index (χ3v) is 2.50. The van der Waals surface area contributed by atoms with Gasteiger partial charge in [0.15, 0.2) is 0 Å². The molecule has 0 aliphatic carbocycles. The molecular formula is C14H14N2O3. The fourth-order valence-electron chi connectivity index (χ4n) is 1.52. The van der Waals surface area contributed by atoms with E-state index >= 15 is 0 Å². The van der Waals surface area contributed by atoms with E-state index in [9.17, 15) is 9.59 Å². The van der Waals surface area contributed by atoms with Gasteiger partial charge in [-0.1, -0.05) is 13.0 Å². The Bertz CT molecular complexity index is 583. The number of carbonyl (C=O) groups is 2. The molecule has 5 heteroatoms. The van der Waals surface area contributed by atoms with Crippen molar-refractivity contribution in [2.24, 2.45) is 0 Å². The van der Waals surface area contributed by atoms with Gasteiger partial charge in [-0.3, -0.25) is 4.79 Å². The van der Waals surface area contributed by atoms with Gasteiger partial charge in [0.05, 0.1) is 22.9 Å². The molecule has 1 aromatic carbocycles. The van der Waals surface area contributed by atoms with Gasteiger partial charge in [-0.25, -0.2) is 4.79 Å². The highest BCUT2D eigenvalue weighted by Gasteiger charge is 2.14. The zero-order valence-corrected chi connectivity index (χ0v) is 10.7. The Morgan fingerprint density at radius 2 is 2.16 bits per heavy atom. The van der Waals surface area contributed by atoms with Crippen LogP contribution in [0.15, 0.2) is 29.8 Å². The Labute approximate surface area is 111 Å². The molecular weight excluding hydrogens is 244 g/mol. The summed E-state index contributed by atoms with van der Waals surface area (Å²) in [6.07, 6.45) is 2.47. The summed E-state index contributed by atoms with van der Waals surface area (Å²) in [5, 5.41) is 20.3. The van der Waals surface area contributed by atoms with E-state index in [4.69, 9.17) is 10.4 Å². The Morgan fingerprint density at radius 3 is 2.68 bits per heavy atom. The SMILES string of the molecule is CC/C=C(\C)C(=O)Nc1ccc(C#N)cc1C(=O)O. The van der Waals surface area contributed by atoms with E-state index in [2.05, 4.69) is 5.32 Å². The van der Waals surface area contributed by atoms with Gasteiger partial charge in [0, 0.05) is 5.57 Å². The first-order valence-corrected chi connectivity index (χ1v) is 5.75. The van der Waals surface area contributed by atoms with Crippen molar-refractivity contribution in [3.05, 3.63) is 41.0 Å². The van der Waals surface area contributed by atoms with Crippen LogP contribution in [-0.4, -0.2) is 17.0 Å². The number of benzene rings is 1. The summed E-state index contributed by atoms with van der Waals surface area (Å²) in [7, 11) is 0. The zero-order chi connectivity index (χ0) is 14.4.